The van der Waals surface area contributed by atoms with Gasteiger partial charge in [0, 0.05) is 11.7 Å². The summed E-state index contributed by atoms with van der Waals surface area (Å²) >= 11 is 0. The molecule has 0 aliphatic rings. The lowest BCUT2D eigenvalue weighted by atomic mass is 10.1. The summed E-state index contributed by atoms with van der Waals surface area (Å²) < 4.78 is 0. The highest BCUT2D eigenvalue weighted by Gasteiger charge is 2.18. The Balaban J connectivity index is 2.71. The molecule has 90 valence electrons. The van der Waals surface area contributed by atoms with Crippen LogP contribution in [-0.4, -0.2) is 22.1 Å². The van der Waals surface area contributed by atoms with Crippen LogP contribution in [0.5, 0.6) is 0 Å². The fourth-order valence-corrected chi connectivity index (χ4v) is 1.72. The summed E-state index contributed by atoms with van der Waals surface area (Å²) in [7, 11) is 0. The summed E-state index contributed by atoms with van der Waals surface area (Å²) in [6.07, 6.45) is 2.97. The van der Waals surface area contributed by atoms with E-state index in [9.17, 15) is 4.79 Å². The Labute approximate surface area is 95.8 Å². The van der Waals surface area contributed by atoms with E-state index in [1.807, 2.05) is 0 Å². The van der Waals surface area contributed by atoms with Crippen LogP contribution < -0.4 is 11.1 Å². The van der Waals surface area contributed by atoms with E-state index < -0.39 is 0 Å². The molecule has 1 aromatic heterocycles. The Morgan fingerprint density at radius 2 is 2.25 bits per heavy atom. The molecule has 0 radical (unpaired) electrons. The van der Waals surface area contributed by atoms with Crippen molar-refractivity contribution in [3.05, 3.63) is 11.3 Å². The van der Waals surface area contributed by atoms with Crippen LogP contribution in [0.2, 0.25) is 0 Å². The number of amides is 1. The lowest BCUT2D eigenvalue weighted by molar-refractivity contribution is 0.0934. The quantitative estimate of drug-likeness (QED) is 0.710. The standard InChI is InChI=1S/C11H20N4O/c1-4-6-8(5-2)13-11(16)9-7(3)14-15-10(9)12/h8H,4-6H2,1-3H3,(H,13,16)(H3,12,14,15). The van der Waals surface area contributed by atoms with Gasteiger partial charge in [0.05, 0.1) is 0 Å². The molecule has 1 unspecified atom stereocenters. The topological polar surface area (TPSA) is 83.8 Å². The first kappa shape index (κ1) is 12.5. The van der Waals surface area contributed by atoms with Crippen molar-refractivity contribution in [2.75, 3.05) is 5.73 Å². The highest BCUT2D eigenvalue weighted by molar-refractivity contribution is 5.99. The third kappa shape index (κ3) is 2.74. The summed E-state index contributed by atoms with van der Waals surface area (Å²) in [5.41, 5.74) is 6.81. The number of nitrogens with one attached hydrogen (secondary N) is 2. The van der Waals surface area contributed by atoms with Crippen molar-refractivity contribution in [1.29, 1.82) is 0 Å². The van der Waals surface area contributed by atoms with E-state index in [0.29, 0.717) is 11.3 Å². The molecule has 16 heavy (non-hydrogen) atoms. The molecule has 4 N–H and O–H groups in total. The number of anilines is 1. The third-order valence-electron chi connectivity index (χ3n) is 2.67. The zero-order chi connectivity index (χ0) is 12.1. The Bertz CT molecular complexity index is 339. The van der Waals surface area contributed by atoms with E-state index in [4.69, 9.17) is 5.73 Å². The van der Waals surface area contributed by atoms with Crippen LogP contribution in [0.3, 0.4) is 0 Å². The predicted molar refractivity (Wildman–Crippen MR) is 64.2 cm³/mol. The molecule has 0 aliphatic carbocycles. The van der Waals surface area contributed by atoms with Gasteiger partial charge in [0.25, 0.3) is 5.91 Å². The van der Waals surface area contributed by atoms with E-state index in [0.717, 1.165) is 19.3 Å². The second-order valence-corrected chi connectivity index (χ2v) is 3.98. The minimum Gasteiger partial charge on any atom is -0.382 e. The molecule has 5 heteroatoms. The zero-order valence-electron chi connectivity index (χ0n) is 10.1. The molecule has 1 atom stereocenters. The van der Waals surface area contributed by atoms with Crippen LogP contribution in [-0.2, 0) is 0 Å². The van der Waals surface area contributed by atoms with Gasteiger partial charge in [0.15, 0.2) is 5.82 Å². The first-order valence-electron chi connectivity index (χ1n) is 5.71. The van der Waals surface area contributed by atoms with Crippen LogP contribution in [0.15, 0.2) is 0 Å². The van der Waals surface area contributed by atoms with Crippen molar-refractivity contribution in [2.45, 2.75) is 46.1 Å². The molecule has 0 saturated carbocycles. The maximum atomic E-state index is 11.9. The Morgan fingerprint density at radius 3 is 2.69 bits per heavy atom. The molecule has 0 aliphatic heterocycles. The van der Waals surface area contributed by atoms with Crippen molar-refractivity contribution in [3.63, 3.8) is 0 Å². The number of aryl methyl sites for hydroxylation is 1. The van der Waals surface area contributed by atoms with Gasteiger partial charge >= 0.3 is 0 Å². The number of aromatic amines is 1. The highest BCUT2D eigenvalue weighted by atomic mass is 16.1. The minimum absolute atomic E-state index is 0.135. The van der Waals surface area contributed by atoms with Crippen LogP contribution in [0.1, 0.15) is 49.2 Å². The molecule has 1 amide bonds. The summed E-state index contributed by atoms with van der Waals surface area (Å²) in [5.74, 6) is 0.130. The van der Waals surface area contributed by atoms with Crippen LogP contribution in [0.4, 0.5) is 5.82 Å². The number of rotatable bonds is 5. The first-order valence-corrected chi connectivity index (χ1v) is 5.71. The van der Waals surface area contributed by atoms with Crippen LogP contribution in [0.25, 0.3) is 0 Å². The number of hydrogen-bond donors (Lipinski definition) is 3. The van der Waals surface area contributed by atoms with Crippen molar-refractivity contribution in [3.8, 4) is 0 Å². The molecule has 5 nitrogen and oxygen atoms in total. The molecular weight excluding hydrogens is 204 g/mol. The van der Waals surface area contributed by atoms with Crippen molar-refractivity contribution < 1.29 is 4.79 Å². The van der Waals surface area contributed by atoms with Gasteiger partial charge in [-0.1, -0.05) is 20.3 Å². The molecule has 0 spiro atoms. The lowest BCUT2D eigenvalue weighted by Gasteiger charge is -2.15. The fraction of sp³-hybridized carbons (Fsp3) is 0.636. The highest BCUT2D eigenvalue weighted by Crippen LogP contribution is 2.13. The number of H-pyrrole nitrogens is 1. The van der Waals surface area contributed by atoms with E-state index in [-0.39, 0.29) is 17.8 Å². The first-order chi connectivity index (χ1) is 7.60. The van der Waals surface area contributed by atoms with Gasteiger partial charge in [-0.25, -0.2) is 0 Å². The predicted octanol–water partition coefficient (Wildman–Crippen LogP) is 1.61. The number of hydrogen-bond acceptors (Lipinski definition) is 3. The summed E-state index contributed by atoms with van der Waals surface area (Å²) in [6, 6.07) is 0.214. The molecule has 0 saturated heterocycles. The summed E-state index contributed by atoms with van der Waals surface area (Å²) in [4.78, 5) is 11.9. The lowest BCUT2D eigenvalue weighted by Crippen LogP contribution is -2.34. The largest absolute Gasteiger partial charge is 0.382 e. The Kier molecular flexibility index (Phi) is 4.34. The second-order valence-electron chi connectivity index (χ2n) is 3.98. The van der Waals surface area contributed by atoms with Crippen LogP contribution >= 0.6 is 0 Å². The van der Waals surface area contributed by atoms with Gasteiger partial charge in [0.2, 0.25) is 0 Å². The summed E-state index contributed by atoms with van der Waals surface area (Å²) in [5, 5.41) is 9.49. The van der Waals surface area contributed by atoms with Gasteiger partial charge in [0.1, 0.15) is 5.56 Å². The number of nitrogens with two attached hydrogens (primary N) is 1. The average Bonchev–Trinajstić information content (AvgIpc) is 2.57. The normalized spacial score (nSPS) is 12.4. The third-order valence-corrected chi connectivity index (χ3v) is 2.67. The molecular formula is C11H20N4O. The number of carbonyl (C=O) groups is 1. The molecule has 1 heterocycles. The van der Waals surface area contributed by atoms with Crippen molar-refractivity contribution in [1.82, 2.24) is 15.5 Å². The van der Waals surface area contributed by atoms with Gasteiger partial charge < -0.3 is 11.1 Å². The summed E-state index contributed by atoms with van der Waals surface area (Å²) in [6.45, 7) is 5.96. The van der Waals surface area contributed by atoms with E-state index >= 15 is 0 Å². The van der Waals surface area contributed by atoms with E-state index in [1.165, 1.54) is 0 Å². The maximum absolute atomic E-state index is 11.9. The van der Waals surface area contributed by atoms with Gasteiger partial charge in [-0.3, -0.25) is 9.89 Å². The number of carbonyl (C=O) groups excluding carboxylic acids is 1. The minimum atomic E-state index is -0.135. The molecule has 1 aromatic rings. The molecule has 0 bridgehead atoms. The molecule has 0 fully saturated rings. The number of aromatic nitrogens is 2. The average molecular weight is 224 g/mol. The fourth-order valence-electron chi connectivity index (χ4n) is 1.72. The smallest absolute Gasteiger partial charge is 0.257 e. The van der Waals surface area contributed by atoms with Gasteiger partial charge in [-0.15, -0.1) is 0 Å². The monoisotopic (exact) mass is 224 g/mol. The molecule has 1 rings (SSSR count). The number of nitrogen functional groups attached to an aromatic ring is 1. The van der Waals surface area contributed by atoms with E-state index in [1.54, 1.807) is 6.92 Å². The van der Waals surface area contributed by atoms with Crippen LogP contribution in [0, 0.1) is 6.92 Å². The van der Waals surface area contributed by atoms with Gasteiger partial charge in [-0.05, 0) is 19.8 Å². The van der Waals surface area contributed by atoms with Crippen molar-refractivity contribution in [2.24, 2.45) is 0 Å². The number of nitrogens with zero attached hydrogens (tertiary/aromatic N) is 1. The van der Waals surface area contributed by atoms with Gasteiger partial charge in [-0.2, -0.15) is 5.10 Å². The SMILES string of the molecule is CCCC(CC)NC(=O)c1c(N)n[nH]c1C. The zero-order valence-corrected chi connectivity index (χ0v) is 10.1. The maximum Gasteiger partial charge on any atom is 0.257 e. The van der Waals surface area contributed by atoms with E-state index in [2.05, 4.69) is 29.4 Å². The molecule has 0 aromatic carbocycles. The second kappa shape index (κ2) is 5.53. The van der Waals surface area contributed by atoms with Crippen molar-refractivity contribution >= 4 is 11.7 Å². The Morgan fingerprint density at radius 1 is 1.56 bits per heavy atom. The Hall–Kier alpha value is -1.52.